The maximum atomic E-state index is 10.8. The number of nitrogens with one attached hydrogen (secondary N) is 1. The van der Waals surface area contributed by atoms with Crippen LogP contribution in [0.1, 0.15) is 15.9 Å². The molecule has 90 valence electrons. The van der Waals surface area contributed by atoms with Gasteiger partial charge in [0.05, 0.1) is 0 Å². The molecule has 0 aromatic heterocycles. The fraction of sp³-hybridized carbons (Fsp3) is 0.182. The smallest absolute Gasteiger partial charge is 0.326 e. The second-order valence-corrected chi connectivity index (χ2v) is 3.44. The monoisotopic (exact) mass is 236 g/mol. The molecule has 0 bridgehead atoms. The summed E-state index contributed by atoms with van der Waals surface area (Å²) in [4.78, 5) is 31.8. The quantitative estimate of drug-likeness (QED) is 0.580. The van der Waals surface area contributed by atoms with Crippen LogP contribution in [0.2, 0.25) is 0 Å². The van der Waals surface area contributed by atoms with Gasteiger partial charge in [-0.1, -0.05) is 12.1 Å². The summed E-state index contributed by atoms with van der Waals surface area (Å²) in [5.74, 6) is -1.66. The highest BCUT2D eigenvalue weighted by Crippen LogP contribution is 2.06. The second kappa shape index (κ2) is 5.64. The van der Waals surface area contributed by atoms with E-state index in [0.717, 1.165) is 0 Å². The molecule has 0 aliphatic carbocycles. The van der Waals surface area contributed by atoms with Gasteiger partial charge in [0.1, 0.15) is 6.04 Å². The second-order valence-electron chi connectivity index (χ2n) is 3.44. The van der Waals surface area contributed by atoms with Crippen LogP contribution in [0.3, 0.4) is 0 Å². The number of amides is 2. The van der Waals surface area contributed by atoms with Crippen LogP contribution in [0.4, 0.5) is 0 Å². The van der Waals surface area contributed by atoms with Crippen LogP contribution in [0, 0.1) is 0 Å². The molecule has 17 heavy (non-hydrogen) atoms. The summed E-state index contributed by atoms with van der Waals surface area (Å²) >= 11 is 0. The molecule has 1 aromatic rings. The number of rotatable bonds is 6. The van der Waals surface area contributed by atoms with Gasteiger partial charge in [-0.25, -0.2) is 4.79 Å². The van der Waals surface area contributed by atoms with Gasteiger partial charge in [0, 0.05) is 12.0 Å². The number of carbonyl (C=O) groups is 3. The Bertz CT molecular complexity index is 428. The molecule has 6 heteroatoms. The summed E-state index contributed by atoms with van der Waals surface area (Å²) in [5.41, 5.74) is 6.11. The lowest BCUT2D eigenvalue weighted by Crippen LogP contribution is -2.37. The predicted octanol–water partition coefficient (Wildman–Crippen LogP) is -0.473. The number of carboxylic acid groups (broad SMARTS) is 1. The molecule has 0 heterocycles. The zero-order valence-corrected chi connectivity index (χ0v) is 8.92. The van der Waals surface area contributed by atoms with E-state index < -0.39 is 17.9 Å². The first kappa shape index (κ1) is 12.7. The first-order chi connectivity index (χ1) is 8.04. The van der Waals surface area contributed by atoms with Crippen LogP contribution in [0.15, 0.2) is 24.3 Å². The molecule has 0 saturated carbocycles. The van der Waals surface area contributed by atoms with Crippen molar-refractivity contribution in [2.24, 2.45) is 5.73 Å². The van der Waals surface area contributed by atoms with Crippen LogP contribution < -0.4 is 11.1 Å². The topological polar surface area (TPSA) is 109 Å². The minimum Gasteiger partial charge on any atom is -0.480 e. The normalized spacial score (nSPS) is 11.5. The molecule has 4 N–H and O–H groups in total. The molecule has 1 rings (SSSR count). The molecule has 1 aromatic carbocycles. The molecule has 0 fully saturated rings. The average molecular weight is 236 g/mol. The highest BCUT2D eigenvalue weighted by atomic mass is 16.4. The van der Waals surface area contributed by atoms with Gasteiger partial charge in [0.2, 0.25) is 12.3 Å². The zero-order valence-electron chi connectivity index (χ0n) is 8.92. The number of carboxylic acids is 1. The van der Waals surface area contributed by atoms with Gasteiger partial charge in [0.15, 0.2) is 0 Å². The summed E-state index contributed by atoms with van der Waals surface area (Å²) in [6.07, 6.45) is 0.490. The fourth-order valence-corrected chi connectivity index (χ4v) is 1.34. The number of aliphatic carboxylic acids is 1. The van der Waals surface area contributed by atoms with Crippen LogP contribution in [0.5, 0.6) is 0 Å². The minimum absolute atomic E-state index is 0.146. The van der Waals surface area contributed by atoms with Crippen molar-refractivity contribution >= 4 is 18.3 Å². The number of benzene rings is 1. The molecule has 1 atom stereocenters. The Morgan fingerprint density at radius 2 is 1.94 bits per heavy atom. The van der Waals surface area contributed by atoms with E-state index in [0.29, 0.717) is 17.5 Å². The fourth-order valence-electron chi connectivity index (χ4n) is 1.34. The lowest BCUT2D eigenvalue weighted by molar-refractivity contribution is -0.140. The van der Waals surface area contributed by atoms with E-state index in [1.165, 1.54) is 12.1 Å². The lowest BCUT2D eigenvalue weighted by Gasteiger charge is -2.11. The van der Waals surface area contributed by atoms with Crippen molar-refractivity contribution in [2.75, 3.05) is 0 Å². The summed E-state index contributed by atoms with van der Waals surface area (Å²) in [7, 11) is 0. The molecule has 6 nitrogen and oxygen atoms in total. The number of carbonyl (C=O) groups excluding carboxylic acids is 2. The number of hydrogen-bond acceptors (Lipinski definition) is 3. The van der Waals surface area contributed by atoms with Crippen molar-refractivity contribution in [2.45, 2.75) is 12.5 Å². The van der Waals surface area contributed by atoms with Crippen LogP contribution in [-0.2, 0) is 16.0 Å². The van der Waals surface area contributed by atoms with Crippen molar-refractivity contribution in [3.63, 3.8) is 0 Å². The van der Waals surface area contributed by atoms with Crippen molar-refractivity contribution in [1.29, 1.82) is 0 Å². The Morgan fingerprint density at radius 1 is 1.35 bits per heavy atom. The summed E-state index contributed by atoms with van der Waals surface area (Å²) in [6.45, 7) is 0. The molecular formula is C11H12N2O4. The molecule has 0 spiro atoms. The van der Waals surface area contributed by atoms with Gasteiger partial charge >= 0.3 is 5.97 Å². The van der Waals surface area contributed by atoms with Crippen molar-refractivity contribution < 1.29 is 19.5 Å². The number of nitrogens with two attached hydrogens (primary N) is 1. The van der Waals surface area contributed by atoms with E-state index >= 15 is 0 Å². The maximum Gasteiger partial charge on any atom is 0.326 e. The standard InChI is InChI=1S/C11H12N2O4/c12-10(15)8-3-1-7(2-4-8)5-9(11(16)17)13-6-14/h1-4,6,9H,5H2,(H2,12,15)(H,13,14)(H,16,17). The van der Waals surface area contributed by atoms with Crippen molar-refractivity contribution in [3.8, 4) is 0 Å². The lowest BCUT2D eigenvalue weighted by atomic mass is 10.0. The van der Waals surface area contributed by atoms with Gasteiger partial charge in [-0.05, 0) is 17.7 Å². The maximum absolute atomic E-state index is 10.8. The molecule has 2 amide bonds. The van der Waals surface area contributed by atoms with E-state index in [1.807, 2.05) is 0 Å². The van der Waals surface area contributed by atoms with E-state index in [-0.39, 0.29) is 6.42 Å². The van der Waals surface area contributed by atoms with Gasteiger partial charge in [-0.3, -0.25) is 9.59 Å². The number of primary amides is 1. The Kier molecular flexibility index (Phi) is 4.21. The minimum atomic E-state index is -1.11. The van der Waals surface area contributed by atoms with E-state index in [2.05, 4.69) is 5.32 Å². The SMILES string of the molecule is NC(=O)c1ccc(CC(NC=O)C(=O)O)cc1. The Labute approximate surface area is 97.4 Å². The van der Waals surface area contributed by atoms with Gasteiger partial charge in [-0.15, -0.1) is 0 Å². The van der Waals surface area contributed by atoms with Crippen molar-refractivity contribution in [1.82, 2.24) is 5.32 Å². The van der Waals surface area contributed by atoms with Gasteiger partial charge in [0.25, 0.3) is 0 Å². The highest BCUT2D eigenvalue weighted by Gasteiger charge is 2.16. The Morgan fingerprint density at radius 3 is 2.35 bits per heavy atom. The van der Waals surface area contributed by atoms with Crippen LogP contribution in [-0.4, -0.2) is 29.4 Å². The van der Waals surface area contributed by atoms with Gasteiger partial charge < -0.3 is 16.2 Å². The molecular weight excluding hydrogens is 224 g/mol. The third-order valence-corrected chi connectivity index (χ3v) is 2.25. The average Bonchev–Trinajstić information content (AvgIpc) is 2.29. The van der Waals surface area contributed by atoms with Gasteiger partial charge in [-0.2, -0.15) is 0 Å². The van der Waals surface area contributed by atoms with E-state index in [9.17, 15) is 14.4 Å². The summed E-state index contributed by atoms with van der Waals surface area (Å²) < 4.78 is 0. The largest absolute Gasteiger partial charge is 0.480 e. The summed E-state index contributed by atoms with van der Waals surface area (Å²) in [5, 5.41) is 11.0. The first-order valence-electron chi connectivity index (χ1n) is 4.86. The van der Waals surface area contributed by atoms with Crippen LogP contribution >= 0.6 is 0 Å². The molecule has 0 aliphatic rings. The Balaban J connectivity index is 2.76. The zero-order chi connectivity index (χ0) is 12.8. The molecule has 0 aliphatic heterocycles. The third-order valence-electron chi connectivity index (χ3n) is 2.25. The predicted molar refractivity (Wildman–Crippen MR) is 59.3 cm³/mol. The van der Waals surface area contributed by atoms with Crippen molar-refractivity contribution in [3.05, 3.63) is 35.4 Å². The van der Waals surface area contributed by atoms with E-state index in [4.69, 9.17) is 10.8 Å². The first-order valence-corrected chi connectivity index (χ1v) is 4.86. The number of hydrogen-bond donors (Lipinski definition) is 3. The highest BCUT2D eigenvalue weighted by molar-refractivity contribution is 5.92. The van der Waals surface area contributed by atoms with Crippen LogP contribution in [0.25, 0.3) is 0 Å². The Hall–Kier alpha value is -2.37. The summed E-state index contributed by atoms with van der Waals surface area (Å²) in [6, 6.07) is 5.24. The third kappa shape index (κ3) is 3.60. The molecule has 0 saturated heterocycles. The van der Waals surface area contributed by atoms with E-state index in [1.54, 1.807) is 12.1 Å². The molecule has 1 unspecified atom stereocenters. The molecule has 0 radical (unpaired) electrons.